The van der Waals surface area contributed by atoms with Crippen LogP contribution in [0.4, 0.5) is 5.95 Å². The molecule has 3 N–H and O–H groups in total. The Balaban J connectivity index is 0.000000980. The Labute approximate surface area is 86.4 Å². The van der Waals surface area contributed by atoms with Gasteiger partial charge in [0, 0.05) is 6.42 Å². The minimum Gasteiger partial charge on any atom is -0.316 e. The van der Waals surface area contributed by atoms with Gasteiger partial charge in [-0.15, -0.1) is 17.5 Å². The largest absolute Gasteiger partial charge is 0.316 e. The second-order valence-corrected chi connectivity index (χ2v) is 3.01. The first-order chi connectivity index (χ1) is 6.34. The number of anilines is 1. The second kappa shape index (κ2) is 4.87. The summed E-state index contributed by atoms with van der Waals surface area (Å²) in [6.45, 7) is 1.83. The van der Waals surface area contributed by atoms with Crippen LogP contribution in [0.15, 0.2) is 0 Å². The molecule has 1 aromatic rings. The lowest BCUT2D eigenvalue weighted by Gasteiger charge is -2.25. The van der Waals surface area contributed by atoms with E-state index in [1.807, 2.05) is 0 Å². The van der Waals surface area contributed by atoms with Gasteiger partial charge in [0.05, 0.1) is 0 Å². The number of hydrogen-bond acceptors (Lipinski definition) is 5. The number of nitrogens with zero attached hydrogens (tertiary/aromatic N) is 3. The number of tetrazole rings is 1. The fraction of sp³-hybridized carbons (Fsp3) is 0.667. The first kappa shape index (κ1) is 10.9. The number of amides is 1. The highest BCUT2D eigenvalue weighted by atomic mass is 35.5. The van der Waals surface area contributed by atoms with E-state index < -0.39 is 0 Å². The number of hydrogen-bond donors (Lipinski definition) is 3. The Hall–Kier alpha value is -1.21. The van der Waals surface area contributed by atoms with E-state index >= 15 is 0 Å². The van der Waals surface area contributed by atoms with Crippen LogP contribution in [0.2, 0.25) is 0 Å². The van der Waals surface area contributed by atoms with Crippen molar-refractivity contribution in [3.05, 3.63) is 0 Å². The van der Waals surface area contributed by atoms with Crippen molar-refractivity contribution in [2.24, 2.45) is 5.92 Å². The summed E-state index contributed by atoms with van der Waals surface area (Å²) < 4.78 is 0. The van der Waals surface area contributed by atoms with E-state index in [1.54, 1.807) is 0 Å². The van der Waals surface area contributed by atoms with Crippen molar-refractivity contribution >= 4 is 24.3 Å². The molecule has 0 atom stereocenters. The van der Waals surface area contributed by atoms with Crippen molar-refractivity contribution in [3.63, 3.8) is 0 Å². The summed E-state index contributed by atoms with van der Waals surface area (Å²) >= 11 is 0. The lowest BCUT2D eigenvalue weighted by atomic mass is 9.99. The maximum absolute atomic E-state index is 11.3. The van der Waals surface area contributed by atoms with Crippen LogP contribution in [0.1, 0.15) is 6.42 Å². The van der Waals surface area contributed by atoms with Crippen molar-refractivity contribution in [2.75, 3.05) is 18.4 Å². The van der Waals surface area contributed by atoms with E-state index in [0.717, 1.165) is 13.1 Å². The van der Waals surface area contributed by atoms with Crippen molar-refractivity contribution in [2.45, 2.75) is 6.42 Å². The fourth-order valence-electron chi connectivity index (χ4n) is 1.15. The quantitative estimate of drug-likeness (QED) is 0.616. The molecular weight excluding hydrogens is 208 g/mol. The van der Waals surface area contributed by atoms with Crippen molar-refractivity contribution in [1.29, 1.82) is 0 Å². The van der Waals surface area contributed by atoms with Gasteiger partial charge in [-0.05, 0) is 24.2 Å². The van der Waals surface area contributed by atoms with Crippen molar-refractivity contribution < 1.29 is 4.79 Å². The van der Waals surface area contributed by atoms with Crippen LogP contribution < -0.4 is 10.6 Å². The number of rotatable bonds is 3. The minimum absolute atomic E-state index is 0. The Morgan fingerprint density at radius 3 is 2.86 bits per heavy atom. The minimum atomic E-state index is -0.0621. The Morgan fingerprint density at radius 2 is 2.36 bits per heavy atom. The molecule has 0 aliphatic carbocycles. The van der Waals surface area contributed by atoms with Gasteiger partial charge in [-0.2, -0.15) is 5.21 Å². The smallest absolute Gasteiger partial charge is 0.269 e. The van der Waals surface area contributed by atoms with E-state index in [-0.39, 0.29) is 24.3 Å². The van der Waals surface area contributed by atoms with Gasteiger partial charge in [-0.3, -0.25) is 10.1 Å². The van der Waals surface area contributed by atoms with Crippen molar-refractivity contribution in [3.8, 4) is 0 Å². The van der Waals surface area contributed by atoms with Gasteiger partial charge in [0.25, 0.3) is 5.95 Å². The maximum Gasteiger partial charge on any atom is 0.269 e. The summed E-state index contributed by atoms with van der Waals surface area (Å²) in [4.78, 5) is 11.3. The number of carbonyl (C=O) groups excluding carboxylic acids is 1. The lowest BCUT2D eigenvalue weighted by Crippen LogP contribution is -2.43. The number of aromatic nitrogens is 4. The van der Waals surface area contributed by atoms with Gasteiger partial charge < -0.3 is 5.32 Å². The fourth-order valence-corrected chi connectivity index (χ4v) is 1.15. The molecular formula is C6H11ClN6O. The third kappa shape index (κ3) is 2.64. The molecule has 7 nitrogen and oxygen atoms in total. The van der Waals surface area contributed by atoms with Gasteiger partial charge in [0.1, 0.15) is 0 Å². The van der Waals surface area contributed by atoms with Crippen LogP contribution in [0, 0.1) is 5.92 Å². The average Bonchev–Trinajstić information content (AvgIpc) is 2.49. The maximum atomic E-state index is 11.3. The van der Waals surface area contributed by atoms with E-state index in [9.17, 15) is 4.79 Å². The molecule has 1 aliphatic rings. The van der Waals surface area contributed by atoms with Gasteiger partial charge in [0.2, 0.25) is 5.91 Å². The lowest BCUT2D eigenvalue weighted by molar-refractivity contribution is -0.117. The SMILES string of the molecule is Cl.O=C(CC1CNC1)Nc1nn[nH]n1. The first-order valence-corrected chi connectivity index (χ1v) is 4.08. The Bertz CT molecular complexity index is 285. The molecule has 0 spiro atoms. The van der Waals surface area contributed by atoms with Crippen LogP contribution in [0.25, 0.3) is 0 Å². The highest BCUT2D eigenvalue weighted by Gasteiger charge is 2.20. The van der Waals surface area contributed by atoms with Crippen molar-refractivity contribution in [1.82, 2.24) is 25.9 Å². The summed E-state index contributed by atoms with van der Waals surface area (Å²) in [5.41, 5.74) is 0. The molecule has 2 heterocycles. The molecule has 0 bridgehead atoms. The number of aromatic amines is 1. The summed E-state index contributed by atoms with van der Waals surface area (Å²) in [5, 5.41) is 18.4. The van der Waals surface area contributed by atoms with E-state index in [1.165, 1.54) is 0 Å². The van der Waals surface area contributed by atoms with Crippen LogP contribution in [-0.2, 0) is 4.79 Å². The van der Waals surface area contributed by atoms with Gasteiger partial charge in [-0.1, -0.05) is 5.10 Å². The Kier molecular flexibility index (Phi) is 3.78. The molecule has 1 saturated heterocycles. The number of H-pyrrole nitrogens is 1. The molecule has 0 unspecified atom stereocenters. The zero-order valence-electron chi connectivity index (χ0n) is 7.36. The monoisotopic (exact) mass is 218 g/mol. The van der Waals surface area contributed by atoms with Gasteiger partial charge in [0.15, 0.2) is 0 Å². The third-order valence-electron chi connectivity index (χ3n) is 1.94. The third-order valence-corrected chi connectivity index (χ3v) is 1.94. The van der Waals surface area contributed by atoms with E-state index in [2.05, 4.69) is 31.3 Å². The molecule has 1 aliphatic heterocycles. The number of nitrogens with one attached hydrogen (secondary N) is 3. The molecule has 14 heavy (non-hydrogen) atoms. The topological polar surface area (TPSA) is 95.6 Å². The zero-order valence-corrected chi connectivity index (χ0v) is 8.17. The Morgan fingerprint density at radius 1 is 1.57 bits per heavy atom. The molecule has 78 valence electrons. The van der Waals surface area contributed by atoms with Crippen LogP contribution in [-0.4, -0.2) is 39.6 Å². The predicted molar refractivity (Wildman–Crippen MR) is 51.0 cm³/mol. The molecule has 1 fully saturated rings. The van der Waals surface area contributed by atoms with Gasteiger partial charge >= 0.3 is 0 Å². The molecule has 0 radical (unpaired) electrons. The molecule has 1 amide bonds. The summed E-state index contributed by atoms with van der Waals surface area (Å²) in [6.07, 6.45) is 0.515. The van der Waals surface area contributed by atoms with Crippen LogP contribution >= 0.6 is 12.4 Å². The van der Waals surface area contributed by atoms with Crippen LogP contribution in [0.3, 0.4) is 0 Å². The number of halogens is 1. The first-order valence-electron chi connectivity index (χ1n) is 4.08. The van der Waals surface area contributed by atoms with Gasteiger partial charge in [-0.25, -0.2) is 0 Å². The molecule has 1 aromatic heterocycles. The van der Waals surface area contributed by atoms with E-state index in [4.69, 9.17) is 0 Å². The molecule has 0 saturated carbocycles. The normalized spacial score (nSPS) is 15.4. The summed E-state index contributed by atoms with van der Waals surface area (Å²) in [7, 11) is 0. The predicted octanol–water partition coefficient (Wildman–Crippen LogP) is -0.831. The molecule has 0 aromatic carbocycles. The van der Waals surface area contributed by atoms with E-state index in [0.29, 0.717) is 12.3 Å². The highest BCUT2D eigenvalue weighted by molar-refractivity contribution is 5.89. The second-order valence-electron chi connectivity index (χ2n) is 3.01. The standard InChI is InChI=1S/C6H10N6O.ClH/c13-5(1-4-2-7-3-4)8-6-9-11-12-10-6;/h4,7H,1-3H2,(H2,8,9,10,11,12,13);1H. The number of carbonyl (C=O) groups is 1. The zero-order chi connectivity index (χ0) is 9.10. The van der Waals surface area contributed by atoms with Crippen LogP contribution in [0.5, 0.6) is 0 Å². The molecule has 2 rings (SSSR count). The molecule has 8 heteroatoms. The average molecular weight is 219 g/mol. The summed E-state index contributed by atoms with van der Waals surface area (Å²) in [6, 6.07) is 0. The highest BCUT2D eigenvalue weighted by Crippen LogP contribution is 2.08. The summed E-state index contributed by atoms with van der Waals surface area (Å²) in [5.74, 6) is 0.622.